The Bertz CT molecular complexity index is 546. The zero-order chi connectivity index (χ0) is 15.5. The van der Waals surface area contributed by atoms with Gasteiger partial charge in [-0.1, -0.05) is 12.1 Å². The molecule has 0 spiro atoms. The maximum Gasteiger partial charge on any atom is 0.227 e. The molecule has 2 aliphatic rings. The molecule has 2 amide bonds. The highest BCUT2D eigenvalue weighted by molar-refractivity contribution is 7.98. The van der Waals surface area contributed by atoms with Crippen LogP contribution in [0.1, 0.15) is 18.4 Å². The molecule has 0 atom stereocenters. The lowest BCUT2D eigenvalue weighted by Gasteiger charge is -2.35. The third kappa shape index (κ3) is 3.64. The predicted molar refractivity (Wildman–Crippen MR) is 87.8 cm³/mol. The van der Waals surface area contributed by atoms with Crippen molar-refractivity contribution in [2.24, 2.45) is 5.92 Å². The first-order valence-corrected chi connectivity index (χ1v) is 9.09. The van der Waals surface area contributed by atoms with Crippen LogP contribution in [0.3, 0.4) is 0 Å². The third-order valence-corrected chi connectivity index (χ3v) is 5.13. The molecule has 2 fully saturated rings. The van der Waals surface area contributed by atoms with Gasteiger partial charge < -0.3 is 9.80 Å². The highest BCUT2D eigenvalue weighted by atomic mass is 32.2. The minimum absolute atomic E-state index is 0.162. The fraction of sp³-hybridized carbons (Fsp3) is 0.529. The number of rotatable bonds is 4. The topological polar surface area (TPSA) is 40.6 Å². The molecule has 0 aromatic heterocycles. The van der Waals surface area contributed by atoms with E-state index in [1.165, 1.54) is 4.90 Å². The Labute approximate surface area is 135 Å². The van der Waals surface area contributed by atoms with Crippen molar-refractivity contribution in [3.63, 3.8) is 0 Å². The van der Waals surface area contributed by atoms with Gasteiger partial charge in [-0.3, -0.25) is 9.59 Å². The van der Waals surface area contributed by atoms with Gasteiger partial charge in [-0.25, -0.2) is 0 Å². The first-order chi connectivity index (χ1) is 10.7. The van der Waals surface area contributed by atoms with E-state index < -0.39 is 0 Å². The van der Waals surface area contributed by atoms with Crippen LogP contribution in [-0.2, 0) is 16.0 Å². The lowest BCUT2D eigenvalue weighted by Crippen LogP contribution is -2.51. The van der Waals surface area contributed by atoms with E-state index in [-0.39, 0.29) is 11.8 Å². The van der Waals surface area contributed by atoms with E-state index in [2.05, 4.69) is 12.1 Å². The molecule has 0 bridgehead atoms. The highest BCUT2D eigenvalue weighted by Crippen LogP contribution is 2.31. The van der Waals surface area contributed by atoms with Crippen LogP contribution >= 0.6 is 11.8 Å². The normalized spacial score (nSPS) is 18.4. The Kier molecular flexibility index (Phi) is 4.71. The molecule has 22 heavy (non-hydrogen) atoms. The number of nitrogens with zero attached hydrogens (tertiary/aromatic N) is 2. The Morgan fingerprint density at radius 3 is 2.18 bits per heavy atom. The van der Waals surface area contributed by atoms with Crippen LogP contribution < -0.4 is 0 Å². The zero-order valence-electron chi connectivity index (χ0n) is 13.0. The lowest BCUT2D eigenvalue weighted by atomic mass is 10.1. The molecule has 1 heterocycles. The number of carbonyl (C=O) groups is 2. The zero-order valence-corrected chi connectivity index (χ0v) is 13.8. The molecule has 1 aliphatic carbocycles. The quantitative estimate of drug-likeness (QED) is 0.798. The molecular formula is C17H22N2O2S. The molecule has 0 N–H and O–H groups in total. The van der Waals surface area contributed by atoms with Crippen LogP contribution in [0.4, 0.5) is 0 Å². The Balaban J connectivity index is 1.49. The van der Waals surface area contributed by atoms with Crippen molar-refractivity contribution in [3.05, 3.63) is 29.8 Å². The Hall–Kier alpha value is -1.49. The van der Waals surface area contributed by atoms with Crippen LogP contribution in [0, 0.1) is 5.92 Å². The SMILES string of the molecule is CSc1ccc(CC(=O)N2CCN(C(=O)C3CC3)CC2)cc1. The smallest absolute Gasteiger partial charge is 0.227 e. The van der Waals surface area contributed by atoms with Crippen molar-refractivity contribution < 1.29 is 9.59 Å². The van der Waals surface area contributed by atoms with Crippen molar-refractivity contribution >= 4 is 23.6 Å². The maximum absolute atomic E-state index is 12.4. The van der Waals surface area contributed by atoms with E-state index in [0.717, 1.165) is 18.4 Å². The number of piperazine rings is 1. The van der Waals surface area contributed by atoms with Gasteiger partial charge in [-0.05, 0) is 36.8 Å². The van der Waals surface area contributed by atoms with Crippen molar-refractivity contribution in [2.45, 2.75) is 24.2 Å². The summed E-state index contributed by atoms with van der Waals surface area (Å²) >= 11 is 1.70. The Morgan fingerprint density at radius 1 is 1.05 bits per heavy atom. The van der Waals surface area contributed by atoms with Crippen molar-refractivity contribution in [1.82, 2.24) is 9.80 Å². The summed E-state index contributed by atoms with van der Waals surface area (Å²) in [5.41, 5.74) is 1.05. The van der Waals surface area contributed by atoms with E-state index in [0.29, 0.717) is 38.5 Å². The molecular weight excluding hydrogens is 296 g/mol. The van der Waals surface area contributed by atoms with Crippen molar-refractivity contribution in [1.29, 1.82) is 0 Å². The second kappa shape index (κ2) is 6.73. The van der Waals surface area contributed by atoms with E-state index in [1.54, 1.807) is 11.8 Å². The van der Waals surface area contributed by atoms with Gasteiger partial charge >= 0.3 is 0 Å². The highest BCUT2D eigenvalue weighted by Gasteiger charge is 2.35. The largest absolute Gasteiger partial charge is 0.339 e. The summed E-state index contributed by atoms with van der Waals surface area (Å²) in [6.07, 6.45) is 4.59. The van der Waals surface area contributed by atoms with Crippen LogP contribution in [-0.4, -0.2) is 54.0 Å². The molecule has 1 aromatic rings. The minimum Gasteiger partial charge on any atom is -0.339 e. The van der Waals surface area contributed by atoms with Gasteiger partial charge in [0.15, 0.2) is 0 Å². The van der Waals surface area contributed by atoms with Crippen LogP contribution in [0.15, 0.2) is 29.2 Å². The fourth-order valence-electron chi connectivity index (χ4n) is 2.79. The molecule has 0 unspecified atom stereocenters. The average molecular weight is 318 g/mol. The van der Waals surface area contributed by atoms with Gasteiger partial charge in [-0.15, -0.1) is 11.8 Å². The summed E-state index contributed by atoms with van der Waals surface area (Å²) in [7, 11) is 0. The van der Waals surface area contributed by atoms with E-state index >= 15 is 0 Å². The van der Waals surface area contributed by atoms with E-state index in [4.69, 9.17) is 0 Å². The molecule has 1 aliphatic heterocycles. The number of amides is 2. The molecule has 3 rings (SSSR count). The number of hydrogen-bond acceptors (Lipinski definition) is 3. The number of carbonyl (C=O) groups excluding carboxylic acids is 2. The molecule has 4 nitrogen and oxygen atoms in total. The van der Waals surface area contributed by atoms with Crippen molar-refractivity contribution in [3.8, 4) is 0 Å². The molecule has 5 heteroatoms. The van der Waals surface area contributed by atoms with Crippen LogP contribution in [0.5, 0.6) is 0 Å². The van der Waals surface area contributed by atoms with Crippen molar-refractivity contribution in [2.75, 3.05) is 32.4 Å². The molecule has 118 valence electrons. The van der Waals surface area contributed by atoms with Gasteiger partial charge in [0.05, 0.1) is 6.42 Å². The number of benzene rings is 1. The summed E-state index contributed by atoms with van der Waals surface area (Å²) in [6.45, 7) is 2.71. The fourth-order valence-corrected chi connectivity index (χ4v) is 3.20. The summed E-state index contributed by atoms with van der Waals surface area (Å²) in [6, 6.07) is 8.16. The molecule has 0 radical (unpaired) electrons. The monoisotopic (exact) mass is 318 g/mol. The molecule has 1 saturated carbocycles. The molecule has 1 saturated heterocycles. The van der Waals surface area contributed by atoms with Crippen LogP contribution in [0.2, 0.25) is 0 Å². The predicted octanol–water partition coefficient (Wildman–Crippen LogP) is 2.03. The maximum atomic E-state index is 12.4. The van der Waals surface area contributed by atoms with E-state index in [1.807, 2.05) is 28.2 Å². The minimum atomic E-state index is 0.162. The summed E-state index contributed by atoms with van der Waals surface area (Å²) in [5, 5.41) is 0. The van der Waals surface area contributed by atoms with Crippen LogP contribution in [0.25, 0.3) is 0 Å². The standard InChI is InChI=1S/C17H22N2O2S/c1-22-15-6-2-13(3-7-15)12-16(20)18-8-10-19(11-9-18)17(21)14-4-5-14/h2-3,6-7,14H,4-5,8-12H2,1H3. The van der Waals surface area contributed by atoms with Gasteiger partial charge in [0, 0.05) is 37.0 Å². The lowest BCUT2D eigenvalue weighted by molar-refractivity contribution is -0.140. The summed E-state index contributed by atoms with van der Waals surface area (Å²) in [5.74, 6) is 0.729. The van der Waals surface area contributed by atoms with Gasteiger partial charge in [0.25, 0.3) is 0 Å². The first kappa shape index (κ1) is 15.4. The van der Waals surface area contributed by atoms with Gasteiger partial charge in [0.1, 0.15) is 0 Å². The number of thioether (sulfide) groups is 1. The molecule has 1 aromatic carbocycles. The average Bonchev–Trinajstić information content (AvgIpc) is 3.40. The summed E-state index contributed by atoms with van der Waals surface area (Å²) in [4.78, 5) is 29.4. The second-order valence-electron chi connectivity index (χ2n) is 6.01. The first-order valence-electron chi connectivity index (χ1n) is 7.87. The Morgan fingerprint density at radius 2 is 1.64 bits per heavy atom. The second-order valence-corrected chi connectivity index (χ2v) is 6.88. The van der Waals surface area contributed by atoms with Gasteiger partial charge in [0.2, 0.25) is 11.8 Å². The van der Waals surface area contributed by atoms with E-state index in [9.17, 15) is 9.59 Å². The number of hydrogen-bond donors (Lipinski definition) is 0. The summed E-state index contributed by atoms with van der Waals surface area (Å²) < 4.78 is 0. The van der Waals surface area contributed by atoms with Gasteiger partial charge in [-0.2, -0.15) is 0 Å². The third-order valence-electron chi connectivity index (χ3n) is 4.39.